The second-order valence-corrected chi connectivity index (χ2v) is 8.29. The highest BCUT2D eigenvalue weighted by Gasteiger charge is 2.47. The molecule has 4 N–H and O–H groups in total. The predicted molar refractivity (Wildman–Crippen MR) is 102 cm³/mol. The van der Waals surface area contributed by atoms with Gasteiger partial charge in [0.05, 0.1) is 5.54 Å². The third-order valence-electron chi connectivity index (χ3n) is 5.85. The van der Waals surface area contributed by atoms with E-state index in [1.54, 1.807) is 18.3 Å². The van der Waals surface area contributed by atoms with Crippen molar-refractivity contribution < 1.29 is 9.59 Å². The van der Waals surface area contributed by atoms with Crippen LogP contribution in [0.15, 0.2) is 29.2 Å². The van der Waals surface area contributed by atoms with Crippen LogP contribution >= 0.6 is 11.3 Å². The van der Waals surface area contributed by atoms with Crippen LogP contribution in [0.1, 0.15) is 50.3 Å². The van der Waals surface area contributed by atoms with E-state index in [4.69, 9.17) is 11.5 Å². The van der Waals surface area contributed by atoms with E-state index in [1.165, 1.54) is 4.88 Å². The maximum absolute atomic E-state index is 12.3. The fourth-order valence-corrected chi connectivity index (χ4v) is 4.95. The van der Waals surface area contributed by atoms with Crippen molar-refractivity contribution in [1.82, 2.24) is 4.90 Å². The lowest BCUT2D eigenvalue weighted by Crippen LogP contribution is -2.49. The Hall–Kier alpha value is -1.66. The minimum Gasteiger partial charge on any atom is -0.369 e. The number of hydrogen-bond acceptors (Lipinski definition) is 4. The number of carbonyl (C=O) groups is 2. The van der Waals surface area contributed by atoms with Crippen molar-refractivity contribution in [3.8, 4) is 0 Å². The predicted octanol–water partition coefficient (Wildman–Crippen LogP) is 2.76. The first-order valence-electron chi connectivity index (χ1n) is 8.71. The van der Waals surface area contributed by atoms with Crippen molar-refractivity contribution in [2.75, 3.05) is 14.1 Å². The van der Waals surface area contributed by atoms with Crippen LogP contribution in [0.2, 0.25) is 0 Å². The first-order valence-corrected chi connectivity index (χ1v) is 9.59. The van der Waals surface area contributed by atoms with Crippen LogP contribution in [-0.4, -0.2) is 30.8 Å². The molecular formula is C19H29N3O2S. The van der Waals surface area contributed by atoms with Crippen molar-refractivity contribution in [3.63, 3.8) is 0 Å². The molecule has 1 aliphatic carbocycles. The summed E-state index contributed by atoms with van der Waals surface area (Å²) in [5.41, 5.74) is 11.1. The molecule has 1 aliphatic rings. The molecule has 0 spiro atoms. The highest BCUT2D eigenvalue weighted by Crippen LogP contribution is 2.51. The van der Waals surface area contributed by atoms with Gasteiger partial charge in [0, 0.05) is 15.9 Å². The molecule has 0 bridgehead atoms. The number of hydrogen-bond donors (Lipinski definition) is 2. The number of nitrogens with zero attached hydrogens (tertiary/aromatic N) is 1. The Morgan fingerprint density at radius 1 is 1.24 bits per heavy atom. The van der Waals surface area contributed by atoms with Crippen LogP contribution in [0.3, 0.4) is 0 Å². The Morgan fingerprint density at radius 3 is 2.32 bits per heavy atom. The van der Waals surface area contributed by atoms with Gasteiger partial charge in [0.25, 0.3) is 0 Å². The second kappa shape index (κ2) is 7.70. The summed E-state index contributed by atoms with van der Waals surface area (Å²) in [5.74, 6) is -0.641. The summed E-state index contributed by atoms with van der Waals surface area (Å²) >= 11 is 1.77. The molecule has 0 atom stereocenters. The number of amides is 2. The lowest BCUT2D eigenvalue weighted by Gasteiger charge is -2.48. The molecular weight excluding hydrogens is 334 g/mol. The second-order valence-electron chi connectivity index (χ2n) is 7.34. The number of carbonyl (C=O) groups excluding carboxylic acids is 2. The Kier molecular flexibility index (Phi) is 6.06. The van der Waals surface area contributed by atoms with E-state index < -0.39 is 11.3 Å². The van der Waals surface area contributed by atoms with E-state index in [-0.39, 0.29) is 11.4 Å². The van der Waals surface area contributed by atoms with Gasteiger partial charge in [-0.1, -0.05) is 12.1 Å². The smallest absolute Gasteiger partial charge is 0.244 e. The molecule has 2 amide bonds. The molecule has 2 rings (SSSR count). The Labute approximate surface area is 154 Å². The molecule has 0 aliphatic heterocycles. The van der Waals surface area contributed by atoms with E-state index in [0.29, 0.717) is 18.4 Å². The van der Waals surface area contributed by atoms with E-state index >= 15 is 0 Å². The molecule has 5 nitrogen and oxygen atoms in total. The molecule has 0 unspecified atom stereocenters. The van der Waals surface area contributed by atoms with E-state index in [9.17, 15) is 9.59 Å². The number of thiophene rings is 1. The van der Waals surface area contributed by atoms with Crippen LogP contribution in [0, 0.1) is 5.41 Å². The fraction of sp³-hybridized carbons (Fsp3) is 0.579. The number of rotatable bonds is 7. The van der Waals surface area contributed by atoms with Crippen LogP contribution in [0.25, 0.3) is 0 Å². The van der Waals surface area contributed by atoms with Gasteiger partial charge in [-0.15, -0.1) is 11.3 Å². The Morgan fingerprint density at radius 2 is 1.88 bits per heavy atom. The van der Waals surface area contributed by atoms with Crippen molar-refractivity contribution >= 4 is 23.2 Å². The first kappa shape index (κ1) is 19.7. The van der Waals surface area contributed by atoms with Gasteiger partial charge in [0.2, 0.25) is 11.8 Å². The van der Waals surface area contributed by atoms with Gasteiger partial charge in [0.15, 0.2) is 0 Å². The van der Waals surface area contributed by atoms with Gasteiger partial charge < -0.3 is 11.5 Å². The molecule has 0 aromatic carbocycles. The molecule has 0 radical (unpaired) electrons. The lowest BCUT2D eigenvalue weighted by molar-refractivity contribution is -0.132. The van der Waals surface area contributed by atoms with E-state index in [0.717, 1.165) is 25.7 Å². The van der Waals surface area contributed by atoms with Crippen LogP contribution < -0.4 is 11.5 Å². The highest BCUT2D eigenvalue weighted by molar-refractivity contribution is 7.10. The summed E-state index contributed by atoms with van der Waals surface area (Å²) < 4.78 is 0. The summed E-state index contributed by atoms with van der Waals surface area (Å²) in [6, 6.07) is 4.26. The third-order valence-corrected chi connectivity index (χ3v) is 6.92. The van der Waals surface area contributed by atoms with Crippen LogP contribution in [0.4, 0.5) is 0 Å². The van der Waals surface area contributed by atoms with Crippen molar-refractivity contribution in [3.05, 3.63) is 34.0 Å². The van der Waals surface area contributed by atoms with E-state index in [1.807, 2.05) is 6.08 Å². The fourth-order valence-electron chi connectivity index (χ4n) is 3.88. The molecule has 1 fully saturated rings. The largest absolute Gasteiger partial charge is 0.369 e. The molecule has 1 aromatic heterocycles. The van der Waals surface area contributed by atoms with Gasteiger partial charge in [-0.25, -0.2) is 0 Å². The van der Waals surface area contributed by atoms with E-state index in [2.05, 4.69) is 36.5 Å². The van der Waals surface area contributed by atoms with Gasteiger partial charge in [-0.2, -0.15) is 0 Å². The summed E-state index contributed by atoms with van der Waals surface area (Å²) in [6.45, 7) is 1.70. The van der Waals surface area contributed by atoms with Crippen molar-refractivity contribution in [2.24, 2.45) is 16.9 Å². The van der Waals surface area contributed by atoms with Gasteiger partial charge in [-0.3, -0.25) is 14.5 Å². The third kappa shape index (κ3) is 3.96. The zero-order valence-electron chi connectivity index (χ0n) is 15.4. The molecule has 138 valence electrons. The topological polar surface area (TPSA) is 89.4 Å². The molecule has 1 aromatic rings. The van der Waals surface area contributed by atoms with Crippen LogP contribution in [-0.2, 0) is 15.1 Å². The van der Waals surface area contributed by atoms with Crippen molar-refractivity contribution in [1.29, 1.82) is 0 Å². The first-order chi connectivity index (χ1) is 11.7. The molecule has 0 saturated heterocycles. The van der Waals surface area contributed by atoms with Gasteiger partial charge in [0.1, 0.15) is 0 Å². The number of nitrogens with two attached hydrogens (primary N) is 2. The lowest BCUT2D eigenvalue weighted by atomic mass is 9.64. The summed E-state index contributed by atoms with van der Waals surface area (Å²) in [6.07, 6.45) is 6.47. The average Bonchev–Trinajstić information content (AvgIpc) is 3.09. The maximum Gasteiger partial charge on any atom is 0.244 e. The normalized spacial score (nSPS) is 27.4. The summed E-state index contributed by atoms with van der Waals surface area (Å²) in [7, 11) is 4.21. The summed E-state index contributed by atoms with van der Waals surface area (Å²) in [5, 5.41) is 2.11. The minimum atomic E-state index is -0.495. The molecule has 1 saturated carbocycles. The average molecular weight is 364 g/mol. The Balaban J connectivity index is 2.15. The number of allylic oxidation sites excluding steroid dienone is 1. The molecule has 1 heterocycles. The van der Waals surface area contributed by atoms with Gasteiger partial charge >= 0.3 is 0 Å². The highest BCUT2D eigenvalue weighted by atomic mass is 32.1. The SMILES string of the molecule is CC(=CCCC1(C(N)=O)CCC(c2cccs2)(N(C)C)CC1)C(N)=O. The molecule has 25 heavy (non-hydrogen) atoms. The standard InChI is InChI=1S/C19H29N3O2S/c1-14(16(20)23)6-4-8-18(17(21)24)9-11-19(12-10-18,22(2)3)15-7-5-13-25-15/h5-7,13H,4,8-12H2,1-3H3,(H2,20,23)(H2,21,24). The number of primary amides is 2. The van der Waals surface area contributed by atoms with Crippen molar-refractivity contribution in [2.45, 2.75) is 51.0 Å². The van der Waals surface area contributed by atoms with Crippen LogP contribution in [0.5, 0.6) is 0 Å². The zero-order chi connectivity index (χ0) is 18.7. The minimum absolute atomic E-state index is 0.0217. The summed E-state index contributed by atoms with van der Waals surface area (Å²) in [4.78, 5) is 27.0. The maximum atomic E-state index is 12.3. The quantitative estimate of drug-likeness (QED) is 0.730. The monoisotopic (exact) mass is 363 g/mol. The molecule has 6 heteroatoms. The van der Waals surface area contributed by atoms with Gasteiger partial charge in [-0.05, 0) is 71.0 Å². The Bertz CT molecular complexity index is 642. The zero-order valence-corrected chi connectivity index (χ0v) is 16.2.